The van der Waals surface area contributed by atoms with Gasteiger partial charge >= 0.3 is 0 Å². The molecule has 17 heavy (non-hydrogen) atoms. The first-order valence-corrected chi connectivity index (χ1v) is 5.26. The minimum absolute atomic E-state index is 0.622. The molecule has 0 heterocycles. The average Bonchev–Trinajstić information content (AvgIpc) is 2.40. The third kappa shape index (κ3) is 2.23. The maximum absolute atomic E-state index is 10.5. The van der Waals surface area contributed by atoms with E-state index >= 15 is 0 Å². The van der Waals surface area contributed by atoms with Crippen molar-refractivity contribution >= 4 is 18.3 Å². The van der Waals surface area contributed by atoms with Gasteiger partial charge in [0.15, 0.2) is 0 Å². The third-order valence-electron chi connectivity index (χ3n) is 2.55. The summed E-state index contributed by atoms with van der Waals surface area (Å²) in [7, 11) is 0. The summed E-state index contributed by atoms with van der Waals surface area (Å²) in [5, 5.41) is 10.1. The van der Waals surface area contributed by atoms with E-state index in [1.807, 2.05) is 42.5 Å². The van der Waals surface area contributed by atoms with E-state index in [0.717, 1.165) is 11.1 Å². The third-order valence-corrected chi connectivity index (χ3v) is 2.55. The topological polar surface area (TPSA) is 53.0 Å². The van der Waals surface area contributed by atoms with E-state index in [4.69, 9.17) is 5.41 Å². The van der Waals surface area contributed by atoms with E-state index in [2.05, 4.69) is 5.32 Å². The average molecular weight is 224 g/mol. The molecule has 0 radical (unpaired) electrons. The Bertz CT molecular complexity index is 535. The fraction of sp³-hybridized carbons (Fsp3) is 0. The van der Waals surface area contributed by atoms with Crippen LogP contribution >= 0.6 is 0 Å². The number of anilines is 1. The van der Waals surface area contributed by atoms with Crippen LogP contribution in [0.25, 0.3) is 11.1 Å². The molecule has 3 nitrogen and oxygen atoms in total. The van der Waals surface area contributed by atoms with Gasteiger partial charge in [0.25, 0.3) is 0 Å². The van der Waals surface area contributed by atoms with Crippen LogP contribution < -0.4 is 5.32 Å². The monoisotopic (exact) mass is 224 g/mol. The molecule has 0 atom stereocenters. The first-order chi connectivity index (χ1) is 8.36. The Morgan fingerprint density at radius 3 is 2.41 bits per heavy atom. The van der Waals surface area contributed by atoms with E-state index in [0.29, 0.717) is 17.7 Å². The minimum atomic E-state index is 0.622. The van der Waals surface area contributed by atoms with Crippen LogP contribution in [0.3, 0.4) is 0 Å². The summed E-state index contributed by atoms with van der Waals surface area (Å²) >= 11 is 0. The summed E-state index contributed by atoms with van der Waals surface area (Å²) in [6, 6.07) is 15.4. The lowest BCUT2D eigenvalue weighted by Crippen LogP contribution is -1.99. The van der Waals surface area contributed by atoms with Gasteiger partial charge in [-0.05, 0) is 17.2 Å². The van der Waals surface area contributed by atoms with Gasteiger partial charge < -0.3 is 10.7 Å². The van der Waals surface area contributed by atoms with E-state index in [9.17, 15) is 4.79 Å². The zero-order chi connectivity index (χ0) is 12.1. The van der Waals surface area contributed by atoms with Gasteiger partial charge in [-0.25, -0.2) is 0 Å². The molecule has 3 heteroatoms. The molecule has 1 amide bonds. The zero-order valence-corrected chi connectivity index (χ0v) is 9.18. The lowest BCUT2D eigenvalue weighted by atomic mass is 9.99. The Labute approximate surface area is 99.6 Å². The number of hydrogen-bond acceptors (Lipinski definition) is 2. The van der Waals surface area contributed by atoms with E-state index < -0.39 is 0 Å². The number of amides is 1. The van der Waals surface area contributed by atoms with Gasteiger partial charge in [0.1, 0.15) is 0 Å². The number of carbonyl (C=O) groups is 1. The number of hydrogen-bond donors (Lipinski definition) is 2. The number of benzene rings is 2. The van der Waals surface area contributed by atoms with Gasteiger partial charge in [-0.1, -0.05) is 42.5 Å². The molecule has 0 saturated heterocycles. The lowest BCUT2D eigenvalue weighted by Gasteiger charge is -2.10. The summed E-state index contributed by atoms with van der Waals surface area (Å²) in [6.45, 7) is 0. The van der Waals surface area contributed by atoms with Crippen molar-refractivity contribution in [2.75, 3.05) is 5.32 Å². The van der Waals surface area contributed by atoms with Crippen LogP contribution in [-0.2, 0) is 4.79 Å². The number of rotatable bonds is 4. The Balaban J connectivity index is 2.58. The summed E-state index contributed by atoms with van der Waals surface area (Å²) in [5.41, 5.74) is 3.33. The van der Waals surface area contributed by atoms with E-state index in [-0.39, 0.29) is 0 Å². The molecule has 0 saturated carbocycles. The van der Waals surface area contributed by atoms with E-state index in [1.165, 1.54) is 6.21 Å². The normalized spacial score (nSPS) is 9.65. The van der Waals surface area contributed by atoms with Crippen LogP contribution in [0.2, 0.25) is 0 Å². The molecular formula is C14H12N2O. The first kappa shape index (κ1) is 11.1. The molecular weight excluding hydrogens is 212 g/mol. The van der Waals surface area contributed by atoms with Gasteiger partial charge in [0, 0.05) is 17.5 Å². The number of nitrogens with one attached hydrogen (secondary N) is 2. The molecule has 0 aliphatic heterocycles. The van der Waals surface area contributed by atoms with Crippen LogP contribution in [0.15, 0.2) is 48.5 Å². The molecule has 0 fully saturated rings. The predicted molar refractivity (Wildman–Crippen MR) is 69.5 cm³/mol. The largest absolute Gasteiger partial charge is 0.328 e. The van der Waals surface area contributed by atoms with Gasteiger partial charge in [-0.2, -0.15) is 0 Å². The molecule has 2 rings (SSSR count). The summed E-state index contributed by atoms with van der Waals surface area (Å²) in [4.78, 5) is 10.5. The highest BCUT2D eigenvalue weighted by molar-refractivity contribution is 5.97. The quantitative estimate of drug-likeness (QED) is 0.609. The van der Waals surface area contributed by atoms with Gasteiger partial charge in [0.2, 0.25) is 6.41 Å². The molecule has 0 aliphatic rings. The molecule has 2 aromatic rings. The van der Waals surface area contributed by atoms with Crippen molar-refractivity contribution < 1.29 is 4.79 Å². The SMILES string of the molecule is N=Cc1c(NC=O)cccc1-c1ccccc1. The lowest BCUT2D eigenvalue weighted by molar-refractivity contribution is -0.105. The van der Waals surface area contributed by atoms with Crippen molar-refractivity contribution in [2.45, 2.75) is 0 Å². The van der Waals surface area contributed by atoms with Crippen molar-refractivity contribution in [2.24, 2.45) is 0 Å². The highest BCUT2D eigenvalue weighted by Gasteiger charge is 2.07. The summed E-state index contributed by atoms with van der Waals surface area (Å²) in [6.07, 6.45) is 1.88. The van der Waals surface area contributed by atoms with Gasteiger partial charge in [0.05, 0.1) is 0 Å². The highest BCUT2D eigenvalue weighted by atomic mass is 16.1. The zero-order valence-electron chi connectivity index (χ0n) is 9.18. The second kappa shape index (κ2) is 5.07. The molecule has 0 unspecified atom stereocenters. The standard InChI is InChI=1S/C14H12N2O/c15-9-13-12(11-5-2-1-3-6-11)7-4-8-14(13)16-10-17/h1-10,15H,(H,16,17). The Morgan fingerprint density at radius 2 is 1.76 bits per heavy atom. The van der Waals surface area contributed by atoms with Crippen molar-refractivity contribution in [3.8, 4) is 11.1 Å². The van der Waals surface area contributed by atoms with Crippen molar-refractivity contribution in [3.05, 3.63) is 54.1 Å². The fourth-order valence-electron chi connectivity index (χ4n) is 1.78. The maximum atomic E-state index is 10.5. The first-order valence-electron chi connectivity index (χ1n) is 5.26. The van der Waals surface area contributed by atoms with E-state index in [1.54, 1.807) is 6.07 Å². The van der Waals surface area contributed by atoms with Crippen LogP contribution in [0.5, 0.6) is 0 Å². The van der Waals surface area contributed by atoms with Gasteiger partial charge in [-0.3, -0.25) is 4.79 Å². The molecule has 0 aromatic heterocycles. The van der Waals surface area contributed by atoms with Crippen LogP contribution in [0.1, 0.15) is 5.56 Å². The molecule has 0 bridgehead atoms. The van der Waals surface area contributed by atoms with Crippen molar-refractivity contribution in [3.63, 3.8) is 0 Å². The second-order valence-corrected chi connectivity index (χ2v) is 3.54. The highest BCUT2D eigenvalue weighted by Crippen LogP contribution is 2.27. The maximum Gasteiger partial charge on any atom is 0.211 e. The van der Waals surface area contributed by atoms with Crippen LogP contribution in [-0.4, -0.2) is 12.6 Å². The summed E-state index contributed by atoms with van der Waals surface area (Å²) in [5.74, 6) is 0. The van der Waals surface area contributed by atoms with Crippen molar-refractivity contribution in [1.82, 2.24) is 0 Å². The smallest absolute Gasteiger partial charge is 0.211 e. The second-order valence-electron chi connectivity index (χ2n) is 3.54. The Hall–Kier alpha value is -2.42. The molecule has 0 spiro atoms. The van der Waals surface area contributed by atoms with Crippen molar-refractivity contribution in [1.29, 1.82) is 5.41 Å². The van der Waals surface area contributed by atoms with Gasteiger partial charge in [-0.15, -0.1) is 0 Å². The molecule has 2 N–H and O–H groups in total. The Morgan fingerprint density at radius 1 is 1.00 bits per heavy atom. The fourth-order valence-corrected chi connectivity index (χ4v) is 1.78. The molecule has 84 valence electrons. The predicted octanol–water partition coefficient (Wildman–Crippen LogP) is 2.92. The summed E-state index contributed by atoms with van der Waals surface area (Å²) < 4.78 is 0. The molecule has 2 aromatic carbocycles. The Kier molecular flexibility index (Phi) is 3.31. The van der Waals surface area contributed by atoms with Crippen LogP contribution in [0, 0.1) is 5.41 Å². The molecule has 0 aliphatic carbocycles. The van der Waals surface area contributed by atoms with Crippen LogP contribution in [0.4, 0.5) is 5.69 Å². The number of carbonyl (C=O) groups excluding carboxylic acids is 1. The minimum Gasteiger partial charge on any atom is -0.328 e.